The van der Waals surface area contributed by atoms with Crippen molar-refractivity contribution < 1.29 is 4.79 Å². The summed E-state index contributed by atoms with van der Waals surface area (Å²) in [5.74, 6) is 0.735. The molecular weight excluding hydrogens is 264 g/mol. The molecule has 1 nitrogen and oxygen atoms in total. The van der Waals surface area contributed by atoms with Crippen molar-refractivity contribution in [3.05, 3.63) is 33.8 Å². The van der Waals surface area contributed by atoms with Gasteiger partial charge in [0, 0.05) is 16.5 Å². The van der Waals surface area contributed by atoms with Crippen molar-refractivity contribution in [2.45, 2.75) is 40.0 Å². The molecule has 0 aromatic heterocycles. The molecule has 0 aliphatic carbocycles. The van der Waals surface area contributed by atoms with E-state index < -0.39 is 0 Å². The Labute approximate surface area is 106 Å². The summed E-state index contributed by atoms with van der Waals surface area (Å²) < 4.78 is 1.02. The Morgan fingerprint density at radius 3 is 2.69 bits per heavy atom. The maximum atomic E-state index is 12.0. The summed E-state index contributed by atoms with van der Waals surface area (Å²) in [6, 6.07) is 5.83. The molecule has 1 atom stereocenters. The molecule has 0 bridgehead atoms. The molecule has 0 spiro atoms. The highest BCUT2D eigenvalue weighted by Gasteiger charge is 2.11. The van der Waals surface area contributed by atoms with Crippen molar-refractivity contribution >= 4 is 21.7 Å². The number of Topliss-reactive ketones (excluding diaryl/α,β-unsaturated/α-hetero) is 1. The molecular formula is C14H19BrO. The number of carbonyl (C=O) groups is 1. The van der Waals surface area contributed by atoms with Crippen LogP contribution in [0, 0.1) is 12.8 Å². The number of rotatable bonds is 5. The van der Waals surface area contributed by atoms with Crippen LogP contribution in [-0.4, -0.2) is 5.78 Å². The summed E-state index contributed by atoms with van der Waals surface area (Å²) in [7, 11) is 0. The first-order chi connectivity index (χ1) is 7.54. The Morgan fingerprint density at radius 1 is 1.44 bits per heavy atom. The first-order valence-electron chi connectivity index (χ1n) is 5.84. The third kappa shape index (κ3) is 3.75. The average molecular weight is 283 g/mol. The van der Waals surface area contributed by atoms with Gasteiger partial charge in [-0.2, -0.15) is 0 Å². The van der Waals surface area contributed by atoms with Crippen LogP contribution in [-0.2, 0) is 0 Å². The van der Waals surface area contributed by atoms with Gasteiger partial charge in [-0.05, 0) is 24.5 Å². The molecule has 0 heterocycles. The summed E-state index contributed by atoms with van der Waals surface area (Å²) in [6.45, 7) is 6.33. The number of hydrogen-bond donors (Lipinski definition) is 0. The summed E-state index contributed by atoms with van der Waals surface area (Å²) in [6.07, 6.45) is 2.92. The third-order valence-corrected chi connectivity index (χ3v) is 3.66. The highest BCUT2D eigenvalue weighted by Crippen LogP contribution is 2.20. The van der Waals surface area contributed by atoms with Crippen molar-refractivity contribution in [3.8, 4) is 0 Å². The van der Waals surface area contributed by atoms with Gasteiger partial charge in [-0.15, -0.1) is 0 Å². The van der Waals surface area contributed by atoms with E-state index in [0.717, 1.165) is 28.4 Å². The third-order valence-electron chi connectivity index (χ3n) is 2.81. The number of carbonyl (C=O) groups excluding carboxylic acids is 1. The quantitative estimate of drug-likeness (QED) is 0.711. The van der Waals surface area contributed by atoms with E-state index in [2.05, 4.69) is 29.8 Å². The van der Waals surface area contributed by atoms with Crippen molar-refractivity contribution in [1.29, 1.82) is 0 Å². The molecule has 1 aromatic carbocycles. The SMILES string of the molecule is CCCC(C)CC(=O)c1ccc(C)c(Br)c1. The van der Waals surface area contributed by atoms with Crippen molar-refractivity contribution in [3.63, 3.8) is 0 Å². The lowest BCUT2D eigenvalue weighted by atomic mass is 9.96. The van der Waals surface area contributed by atoms with Crippen LogP contribution in [0.1, 0.15) is 49.0 Å². The highest BCUT2D eigenvalue weighted by atomic mass is 79.9. The van der Waals surface area contributed by atoms with Gasteiger partial charge in [-0.1, -0.05) is 54.8 Å². The number of ketones is 1. The number of aryl methyl sites for hydroxylation is 1. The fraction of sp³-hybridized carbons (Fsp3) is 0.500. The minimum absolute atomic E-state index is 0.252. The minimum Gasteiger partial charge on any atom is -0.294 e. The summed E-state index contributed by atoms with van der Waals surface area (Å²) in [5, 5.41) is 0. The molecule has 0 aliphatic heterocycles. The Morgan fingerprint density at radius 2 is 2.12 bits per heavy atom. The van der Waals surface area contributed by atoms with Gasteiger partial charge >= 0.3 is 0 Å². The maximum absolute atomic E-state index is 12.0. The number of hydrogen-bond acceptors (Lipinski definition) is 1. The van der Waals surface area contributed by atoms with E-state index in [0.29, 0.717) is 12.3 Å². The Kier molecular flexibility index (Phi) is 5.20. The summed E-state index contributed by atoms with van der Waals surface area (Å²) in [4.78, 5) is 12.0. The average Bonchev–Trinajstić information content (AvgIpc) is 2.22. The molecule has 0 saturated carbocycles. The van der Waals surface area contributed by atoms with Crippen molar-refractivity contribution in [1.82, 2.24) is 0 Å². The zero-order chi connectivity index (χ0) is 12.1. The molecule has 0 saturated heterocycles. The summed E-state index contributed by atoms with van der Waals surface area (Å²) >= 11 is 3.46. The van der Waals surface area contributed by atoms with E-state index >= 15 is 0 Å². The van der Waals surface area contributed by atoms with E-state index in [9.17, 15) is 4.79 Å². The van der Waals surface area contributed by atoms with Crippen LogP contribution in [0.4, 0.5) is 0 Å². The Balaban J connectivity index is 2.69. The van der Waals surface area contributed by atoms with E-state index in [1.54, 1.807) is 0 Å². The first-order valence-corrected chi connectivity index (χ1v) is 6.63. The molecule has 2 heteroatoms. The molecule has 1 unspecified atom stereocenters. The molecule has 0 aliphatic rings. The fourth-order valence-corrected chi connectivity index (χ4v) is 2.17. The lowest BCUT2D eigenvalue weighted by Gasteiger charge is -2.09. The second-order valence-electron chi connectivity index (χ2n) is 4.49. The van der Waals surface area contributed by atoms with E-state index in [4.69, 9.17) is 0 Å². The second kappa shape index (κ2) is 6.19. The normalized spacial score (nSPS) is 12.5. The molecule has 0 fully saturated rings. The second-order valence-corrected chi connectivity index (χ2v) is 5.34. The van der Waals surface area contributed by atoms with Gasteiger partial charge in [0.05, 0.1) is 0 Å². The first kappa shape index (κ1) is 13.4. The zero-order valence-electron chi connectivity index (χ0n) is 10.2. The largest absolute Gasteiger partial charge is 0.294 e. The van der Waals surface area contributed by atoms with Gasteiger partial charge in [-0.25, -0.2) is 0 Å². The number of halogens is 1. The smallest absolute Gasteiger partial charge is 0.163 e. The zero-order valence-corrected chi connectivity index (χ0v) is 11.8. The van der Waals surface area contributed by atoms with Crippen LogP contribution in [0.5, 0.6) is 0 Å². The molecule has 0 radical (unpaired) electrons. The molecule has 88 valence electrons. The minimum atomic E-state index is 0.252. The predicted octanol–water partition coefficient (Wildman–Crippen LogP) is 4.77. The van der Waals surface area contributed by atoms with Crippen molar-refractivity contribution in [2.75, 3.05) is 0 Å². The van der Waals surface area contributed by atoms with Crippen LogP contribution >= 0.6 is 15.9 Å². The van der Waals surface area contributed by atoms with Crippen molar-refractivity contribution in [2.24, 2.45) is 5.92 Å². The van der Waals surface area contributed by atoms with E-state index in [-0.39, 0.29) is 5.78 Å². The van der Waals surface area contributed by atoms with Crippen LogP contribution < -0.4 is 0 Å². The number of benzene rings is 1. The fourth-order valence-electron chi connectivity index (χ4n) is 1.80. The van der Waals surface area contributed by atoms with E-state index in [1.165, 1.54) is 0 Å². The van der Waals surface area contributed by atoms with Gasteiger partial charge in [0.2, 0.25) is 0 Å². The predicted molar refractivity (Wildman–Crippen MR) is 71.9 cm³/mol. The monoisotopic (exact) mass is 282 g/mol. The standard InChI is InChI=1S/C14H19BrO/c1-4-5-10(2)8-14(16)12-7-6-11(3)13(15)9-12/h6-7,9-10H,4-5,8H2,1-3H3. The van der Waals surface area contributed by atoms with Crippen LogP contribution in [0.25, 0.3) is 0 Å². The molecule has 0 N–H and O–H groups in total. The van der Waals surface area contributed by atoms with Gasteiger partial charge in [0.25, 0.3) is 0 Å². The molecule has 1 aromatic rings. The molecule has 0 amide bonds. The van der Waals surface area contributed by atoms with Gasteiger partial charge in [-0.3, -0.25) is 4.79 Å². The van der Waals surface area contributed by atoms with Gasteiger partial charge < -0.3 is 0 Å². The Hall–Kier alpha value is -0.630. The van der Waals surface area contributed by atoms with Gasteiger partial charge in [0.15, 0.2) is 5.78 Å². The lowest BCUT2D eigenvalue weighted by molar-refractivity contribution is 0.0962. The van der Waals surface area contributed by atoms with Crippen LogP contribution in [0.15, 0.2) is 22.7 Å². The highest BCUT2D eigenvalue weighted by molar-refractivity contribution is 9.10. The van der Waals surface area contributed by atoms with E-state index in [1.807, 2.05) is 25.1 Å². The van der Waals surface area contributed by atoms with Crippen LogP contribution in [0.3, 0.4) is 0 Å². The topological polar surface area (TPSA) is 17.1 Å². The molecule has 16 heavy (non-hydrogen) atoms. The maximum Gasteiger partial charge on any atom is 0.163 e. The lowest BCUT2D eigenvalue weighted by Crippen LogP contribution is -2.06. The summed E-state index contributed by atoms with van der Waals surface area (Å²) in [5.41, 5.74) is 1.98. The molecule has 1 rings (SSSR count). The van der Waals surface area contributed by atoms with Crippen LogP contribution in [0.2, 0.25) is 0 Å². The Bertz CT molecular complexity index is 371. The van der Waals surface area contributed by atoms with Gasteiger partial charge in [0.1, 0.15) is 0 Å².